The number of hydrogen-bond donors (Lipinski definition) is 1. The summed E-state index contributed by atoms with van der Waals surface area (Å²) in [6.07, 6.45) is 6.36. The van der Waals surface area contributed by atoms with Gasteiger partial charge in [-0.15, -0.1) is 5.10 Å². The molecule has 4 rings (SSSR count). The number of aromatic nitrogens is 3. The first kappa shape index (κ1) is 16.5. The Morgan fingerprint density at radius 1 is 1.20 bits per heavy atom. The van der Waals surface area contributed by atoms with Crippen LogP contribution in [0.4, 0.5) is 0 Å². The monoisotopic (exact) mass is 356 g/mol. The minimum absolute atomic E-state index is 0.0260. The Kier molecular flexibility index (Phi) is 4.48. The van der Waals surface area contributed by atoms with Crippen LogP contribution in [0.3, 0.4) is 0 Å². The van der Waals surface area contributed by atoms with Gasteiger partial charge in [0.25, 0.3) is 0 Å². The Morgan fingerprint density at radius 3 is 2.60 bits per heavy atom. The molecule has 6 heteroatoms. The van der Waals surface area contributed by atoms with E-state index in [1.54, 1.807) is 4.52 Å². The topological polar surface area (TPSA) is 53.7 Å². The van der Waals surface area contributed by atoms with Gasteiger partial charge in [0.1, 0.15) is 5.82 Å². The summed E-state index contributed by atoms with van der Waals surface area (Å²) in [5.41, 5.74) is 1.20. The first-order chi connectivity index (χ1) is 12.1. The standard InChI is InChI=1S/C19H24N4OS/c1-13-20-19-23(21-13)18(24)17(25-19)16(14-9-5-3-6-10-14)22(2)15-11-7-4-8-12-15/h3,5-6,9-10,15-16,24H,4,7-8,11-12H2,1-2H3/t16-/m1/s1. The fourth-order valence-corrected chi connectivity index (χ4v) is 5.11. The highest BCUT2D eigenvalue weighted by molar-refractivity contribution is 7.17. The van der Waals surface area contributed by atoms with Crippen LogP contribution < -0.4 is 0 Å². The molecule has 132 valence electrons. The van der Waals surface area contributed by atoms with E-state index in [0.29, 0.717) is 11.9 Å². The molecule has 3 aromatic rings. The lowest BCUT2D eigenvalue weighted by Gasteiger charge is -2.37. The molecule has 1 saturated carbocycles. The van der Waals surface area contributed by atoms with E-state index in [1.165, 1.54) is 49.0 Å². The van der Waals surface area contributed by atoms with E-state index in [0.717, 1.165) is 9.84 Å². The van der Waals surface area contributed by atoms with Crippen molar-refractivity contribution in [1.82, 2.24) is 19.5 Å². The predicted molar refractivity (Wildman–Crippen MR) is 100 cm³/mol. The molecule has 5 nitrogen and oxygen atoms in total. The van der Waals surface area contributed by atoms with Crippen LogP contribution in [0.2, 0.25) is 0 Å². The van der Waals surface area contributed by atoms with Gasteiger partial charge in [-0.3, -0.25) is 4.90 Å². The summed E-state index contributed by atoms with van der Waals surface area (Å²) in [5, 5.41) is 15.2. The van der Waals surface area contributed by atoms with E-state index in [4.69, 9.17) is 0 Å². The first-order valence-electron chi connectivity index (χ1n) is 8.97. The Balaban J connectivity index is 1.78. The highest BCUT2D eigenvalue weighted by Gasteiger charge is 2.31. The van der Waals surface area contributed by atoms with Crippen LogP contribution in [-0.4, -0.2) is 37.7 Å². The van der Waals surface area contributed by atoms with Crippen LogP contribution in [0.15, 0.2) is 30.3 Å². The van der Waals surface area contributed by atoms with Crippen LogP contribution >= 0.6 is 11.3 Å². The molecule has 0 unspecified atom stereocenters. The number of rotatable bonds is 4. The van der Waals surface area contributed by atoms with E-state index in [2.05, 4.69) is 46.3 Å². The molecule has 1 aromatic carbocycles. The zero-order valence-electron chi connectivity index (χ0n) is 14.7. The van der Waals surface area contributed by atoms with E-state index in [9.17, 15) is 5.11 Å². The Labute approximate surface area is 151 Å². The molecule has 1 atom stereocenters. The van der Waals surface area contributed by atoms with Gasteiger partial charge in [-0.2, -0.15) is 4.52 Å². The van der Waals surface area contributed by atoms with Crippen molar-refractivity contribution < 1.29 is 5.11 Å². The van der Waals surface area contributed by atoms with Gasteiger partial charge in [-0.05, 0) is 32.4 Å². The number of fused-ring (bicyclic) bond motifs is 1. The van der Waals surface area contributed by atoms with E-state index >= 15 is 0 Å². The zero-order valence-corrected chi connectivity index (χ0v) is 15.5. The minimum atomic E-state index is 0.0260. The number of aryl methyl sites for hydroxylation is 1. The van der Waals surface area contributed by atoms with Crippen molar-refractivity contribution in [2.24, 2.45) is 0 Å². The van der Waals surface area contributed by atoms with Crippen molar-refractivity contribution in [3.05, 3.63) is 46.6 Å². The van der Waals surface area contributed by atoms with Crippen molar-refractivity contribution in [2.45, 2.75) is 51.1 Å². The quantitative estimate of drug-likeness (QED) is 0.763. The molecule has 1 fully saturated rings. The largest absolute Gasteiger partial charge is 0.492 e. The fraction of sp³-hybridized carbons (Fsp3) is 0.474. The maximum atomic E-state index is 10.8. The Bertz CT molecular complexity index is 851. The Morgan fingerprint density at radius 2 is 1.92 bits per heavy atom. The van der Waals surface area contributed by atoms with Gasteiger partial charge in [-0.25, -0.2) is 4.98 Å². The van der Waals surface area contributed by atoms with Crippen LogP contribution in [0, 0.1) is 6.92 Å². The summed E-state index contributed by atoms with van der Waals surface area (Å²) < 4.78 is 1.57. The lowest BCUT2D eigenvalue weighted by atomic mass is 9.92. The van der Waals surface area contributed by atoms with Crippen LogP contribution in [0.25, 0.3) is 4.96 Å². The van der Waals surface area contributed by atoms with Gasteiger partial charge in [0.05, 0.1) is 10.9 Å². The molecule has 1 aliphatic rings. The highest BCUT2D eigenvalue weighted by Crippen LogP contribution is 2.41. The van der Waals surface area contributed by atoms with Crippen molar-refractivity contribution >= 4 is 16.3 Å². The molecule has 0 radical (unpaired) electrons. The zero-order chi connectivity index (χ0) is 17.4. The molecule has 0 bridgehead atoms. The second kappa shape index (κ2) is 6.77. The molecular weight excluding hydrogens is 332 g/mol. The second-order valence-electron chi connectivity index (χ2n) is 6.91. The van der Waals surface area contributed by atoms with Crippen molar-refractivity contribution in [1.29, 1.82) is 0 Å². The third-order valence-corrected chi connectivity index (χ3v) is 6.30. The number of thiazole rings is 1. The molecule has 2 heterocycles. The normalized spacial score (nSPS) is 17.4. The van der Waals surface area contributed by atoms with Gasteiger partial charge in [0.2, 0.25) is 10.8 Å². The molecule has 1 aliphatic carbocycles. The average molecular weight is 356 g/mol. The van der Waals surface area contributed by atoms with Crippen LogP contribution in [0.5, 0.6) is 5.88 Å². The van der Waals surface area contributed by atoms with Gasteiger partial charge < -0.3 is 5.11 Å². The highest BCUT2D eigenvalue weighted by atomic mass is 32.1. The van der Waals surface area contributed by atoms with E-state index in [-0.39, 0.29) is 11.9 Å². The third kappa shape index (κ3) is 3.04. The summed E-state index contributed by atoms with van der Waals surface area (Å²) in [4.78, 5) is 8.55. The van der Waals surface area contributed by atoms with Crippen LogP contribution in [0.1, 0.15) is 54.4 Å². The summed E-state index contributed by atoms with van der Waals surface area (Å²) in [7, 11) is 2.19. The van der Waals surface area contributed by atoms with Crippen molar-refractivity contribution in [3.8, 4) is 5.88 Å². The first-order valence-corrected chi connectivity index (χ1v) is 9.78. The predicted octanol–water partition coefficient (Wildman–Crippen LogP) is 4.16. The number of benzene rings is 1. The van der Waals surface area contributed by atoms with Crippen LogP contribution in [-0.2, 0) is 0 Å². The van der Waals surface area contributed by atoms with Gasteiger partial charge in [0.15, 0.2) is 0 Å². The molecule has 1 N–H and O–H groups in total. The smallest absolute Gasteiger partial charge is 0.230 e. The molecule has 0 saturated heterocycles. The second-order valence-corrected chi connectivity index (χ2v) is 7.92. The summed E-state index contributed by atoms with van der Waals surface area (Å²) >= 11 is 1.54. The van der Waals surface area contributed by atoms with Gasteiger partial charge in [-0.1, -0.05) is 60.9 Å². The summed E-state index contributed by atoms with van der Waals surface area (Å²) in [6.45, 7) is 1.85. The third-order valence-electron chi connectivity index (χ3n) is 5.23. The molecular formula is C19H24N4OS. The number of hydrogen-bond acceptors (Lipinski definition) is 5. The maximum absolute atomic E-state index is 10.8. The molecule has 0 amide bonds. The number of nitrogens with zero attached hydrogens (tertiary/aromatic N) is 4. The lowest BCUT2D eigenvalue weighted by molar-refractivity contribution is 0.157. The minimum Gasteiger partial charge on any atom is -0.492 e. The lowest BCUT2D eigenvalue weighted by Crippen LogP contribution is -2.36. The average Bonchev–Trinajstić information content (AvgIpc) is 3.15. The summed E-state index contributed by atoms with van der Waals surface area (Å²) in [5.74, 6) is 0.905. The van der Waals surface area contributed by atoms with Crippen molar-refractivity contribution in [3.63, 3.8) is 0 Å². The van der Waals surface area contributed by atoms with E-state index < -0.39 is 0 Å². The van der Waals surface area contributed by atoms with Gasteiger partial charge in [0, 0.05) is 6.04 Å². The van der Waals surface area contributed by atoms with Gasteiger partial charge >= 0.3 is 0 Å². The summed E-state index contributed by atoms with van der Waals surface area (Å²) in [6, 6.07) is 11.0. The fourth-order valence-electron chi connectivity index (χ4n) is 3.93. The number of aromatic hydroxyl groups is 1. The molecule has 25 heavy (non-hydrogen) atoms. The molecule has 2 aromatic heterocycles. The molecule has 0 aliphatic heterocycles. The van der Waals surface area contributed by atoms with E-state index in [1.807, 2.05) is 13.0 Å². The van der Waals surface area contributed by atoms with Crippen molar-refractivity contribution in [2.75, 3.05) is 7.05 Å². The SMILES string of the molecule is Cc1nc2sc([C@@H](c3ccccc3)N(C)C3CCCCC3)c(O)n2n1. The Hall–Kier alpha value is -1.92. The maximum Gasteiger partial charge on any atom is 0.230 e. The molecule has 0 spiro atoms.